The maximum Gasteiger partial charge on any atom is 0.123 e. The van der Waals surface area contributed by atoms with Gasteiger partial charge in [-0.3, -0.25) is 4.90 Å². The Morgan fingerprint density at radius 1 is 1.42 bits per heavy atom. The van der Waals surface area contributed by atoms with Crippen LogP contribution in [0.4, 0.5) is 0 Å². The second-order valence-corrected chi connectivity index (χ2v) is 6.62. The first kappa shape index (κ1) is 13.4. The summed E-state index contributed by atoms with van der Waals surface area (Å²) in [5.41, 5.74) is 7.12. The van der Waals surface area contributed by atoms with E-state index in [-0.39, 0.29) is 0 Å². The standard InChI is InChI=1S/C15H21BrN2O/c16-13-3-4-15-12(6-13)7-14(19-15)10-18-5-1-2-11(8-17)9-18/h3-4,6,11,14H,1-2,5,7-10,17H2. The smallest absolute Gasteiger partial charge is 0.123 e. The van der Waals surface area contributed by atoms with E-state index in [2.05, 4.69) is 33.0 Å². The highest BCUT2D eigenvalue weighted by atomic mass is 79.9. The first-order valence-corrected chi connectivity index (χ1v) is 7.91. The third kappa shape index (κ3) is 3.12. The Morgan fingerprint density at radius 3 is 3.16 bits per heavy atom. The molecule has 3 rings (SSSR count). The molecule has 1 saturated heterocycles. The predicted molar refractivity (Wildman–Crippen MR) is 80.5 cm³/mol. The molecule has 19 heavy (non-hydrogen) atoms. The van der Waals surface area contributed by atoms with Gasteiger partial charge in [-0.15, -0.1) is 0 Å². The largest absolute Gasteiger partial charge is 0.488 e. The second kappa shape index (κ2) is 5.81. The van der Waals surface area contributed by atoms with Crippen LogP contribution in [0.3, 0.4) is 0 Å². The maximum atomic E-state index is 6.04. The maximum absolute atomic E-state index is 6.04. The number of nitrogens with zero attached hydrogens (tertiary/aromatic N) is 1. The minimum absolute atomic E-state index is 0.306. The van der Waals surface area contributed by atoms with Gasteiger partial charge in [0.1, 0.15) is 11.9 Å². The fraction of sp³-hybridized carbons (Fsp3) is 0.600. The molecule has 2 atom stereocenters. The molecule has 0 radical (unpaired) electrons. The van der Waals surface area contributed by atoms with Crippen LogP contribution in [-0.4, -0.2) is 37.2 Å². The Labute approximate surface area is 123 Å². The summed E-state index contributed by atoms with van der Waals surface area (Å²) in [7, 11) is 0. The number of ether oxygens (including phenoxy) is 1. The number of halogens is 1. The van der Waals surface area contributed by atoms with Crippen LogP contribution in [0.2, 0.25) is 0 Å². The quantitative estimate of drug-likeness (QED) is 0.928. The summed E-state index contributed by atoms with van der Waals surface area (Å²) in [4.78, 5) is 2.52. The second-order valence-electron chi connectivity index (χ2n) is 5.70. The highest BCUT2D eigenvalue weighted by Gasteiger charge is 2.27. The minimum Gasteiger partial charge on any atom is -0.488 e. The molecule has 1 aromatic rings. The molecule has 2 aliphatic rings. The molecule has 2 N–H and O–H groups in total. The molecule has 0 aromatic heterocycles. The van der Waals surface area contributed by atoms with Gasteiger partial charge in [0.25, 0.3) is 0 Å². The van der Waals surface area contributed by atoms with Gasteiger partial charge in [-0.2, -0.15) is 0 Å². The molecular formula is C15H21BrN2O. The minimum atomic E-state index is 0.306. The van der Waals surface area contributed by atoms with Crippen molar-refractivity contribution >= 4 is 15.9 Å². The van der Waals surface area contributed by atoms with E-state index in [1.807, 2.05) is 6.07 Å². The number of benzene rings is 1. The van der Waals surface area contributed by atoms with Crippen molar-refractivity contribution in [2.45, 2.75) is 25.4 Å². The van der Waals surface area contributed by atoms with Gasteiger partial charge in [0.15, 0.2) is 0 Å². The van der Waals surface area contributed by atoms with Crippen LogP contribution in [0.25, 0.3) is 0 Å². The van der Waals surface area contributed by atoms with Crippen LogP contribution in [0.5, 0.6) is 5.75 Å². The molecule has 2 unspecified atom stereocenters. The summed E-state index contributed by atoms with van der Waals surface area (Å²) >= 11 is 3.52. The van der Waals surface area contributed by atoms with Crippen molar-refractivity contribution in [1.82, 2.24) is 4.90 Å². The topological polar surface area (TPSA) is 38.5 Å². The zero-order valence-electron chi connectivity index (χ0n) is 11.1. The lowest BCUT2D eigenvalue weighted by molar-refractivity contribution is 0.112. The lowest BCUT2D eigenvalue weighted by Gasteiger charge is -2.33. The molecule has 0 amide bonds. The fourth-order valence-electron chi connectivity index (χ4n) is 3.19. The highest BCUT2D eigenvalue weighted by Crippen LogP contribution is 2.31. The summed E-state index contributed by atoms with van der Waals surface area (Å²) in [5.74, 6) is 1.73. The number of rotatable bonds is 3. The lowest BCUT2D eigenvalue weighted by atomic mass is 9.98. The average Bonchev–Trinajstić information content (AvgIpc) is 2.80. The normalized spacial score (nSPS) is 27.1. The first-order chi connectivity index (χ1) is 9.24. The molecule has 3 nitrogen and oxygen atoms in total. The number of likely N-dealkylation sites (tertiary alicyclic amines) is 1. The van der Waals surface area contributed by atoms with Gasteiger partial charge in [0, 0.05) is 24.0 Å². The number of fused-ring (bicyclic) bond motifs is 1. The van der Waals surface area contributed by atoms with Crippen molar-refractivity contribution in [3.63, 3.8) is 0 Å². The van der Waals surface area contributed by atoms with E-state index in [1.54, 1.807) is 0 Å². The van der Waals surface area contributed by atoms with Gasteiger partial charge in [-0.1, -0.05) is 15.9 Å². The zero-order chi connectivity index (χ0) is 13.2. The highest BCUT2D eigenvalue weighted by molar-refractivity contribution is 9.10. The number of nitrogens with two attached hydrogens (primary N) is 1. The predicted octanol–water partition coefficient (Wildman–Crippen LogP) is 2.42. The number of hydrogen-bond acceptors (Lipinski definition) is 3. The van der Waals surface area contributed by atoms with Gasteiger partial charge < -0.3 is 10.5 Å². The number of piperidine rings is 1. The molecular weight excluding hydrogens is 304 g/mol. The number of hydrogen-bond donors (Lipinski definition) is 1. The van der Waals surface area contributed by atoms with E-state index in [0.717, 1.165) is 36.3 Å². The summed E-state index contributed by atoms with van der Waals surface area (Å²) < 4.78 is 7.18. The van der Waals surface area contributed by atoms with Crippen LogP contribution >= 0.6 is 15.9 Å². The third-order valence-corrected chi connectivity index (χ3v) is 4.66. The lowest BCUT2D eigenvalue weighted by Crippen LogP contribution is -2.43. The van der Waals surface area contributed by atoms with Crippen LogP contribution in [0.1, 0.15) is 18.4 Å². The van der Waals surface area contributed by atoms with E-state index < -0.39 is 0 Å². The van der Waals surface area contributed by atoms with Crippen LogP contribution < -0.4 is 10.5 Å². The zero-order valence-corrected chi connectivity index (χ0v) is 12.7. The van der Waals surface area contributed by atoms with Crippen LogP contribution in [-0.2, 0) is 6.42 Å². The van der Waals surface area contributed by atoms with Crippen molar-refractivity contribution in [1.29, 1.82) is 0 Å². The van der Waals surface area contributed by atoms with Gasteiger partial charge >= 0.3 is 0 Å². The van der Waals surface area contributed by atoms with Crippen molar-refractivity contribution in [3.8, 4) is 5.75 Å². The Bertz CT molecular complexity index is 452. The monoisotopic (exact) mass is 324 g/mol. The Kier molecular flexibility index (Phi) is 4.10. The molecule has 0 bridgehead atoms. The molecule has 1 fully saturated rings. The molecule has 0 saturated carbocycles. The van der Waals surface area contributed by atoms with Gasteiger partial charge in [0.05, 0.1) is 0 Å². The molecule has 4 heteroatoms. The van der Waals surface area contributed by atoms with Gasteiger partial charge in [-0.25, -0.2) is 0 Å². The first-order valence-electron chi connectivity index (χ1n) is 7.12. The summed E-state index contributed by atoms with van der Waals surface area (Å²) in [6.45, 7) is 4.17. The SMILES string of the molecule is NCC1CCCN(CC2Cc3cc(Br)ccc3O2)C1. The van der Waals surface area contributed by atoms with E-state index in [0.29, 0.717) is 12.0 Å². The Morgan fingerprint density at radius 2 is 2.32 bits per heavy atom. The molecule has 0 spiro atoms. The molecule has 2 aliphatic heterocycles. The van der Waals surface area contributed by atoms with E-state index >= 15 is 0 Å². The van der Waals surface area contributed by atoms with Crippen molar-refractivity contribution in [2.75, 3.05) is 26.2 Å². The average molecular weight is 325 g/mol. The summed E-state index contributed by atoms with van der Waals surface area (Å²) in [5, 5.41) is 0. The van der Waals surface area contributed by atoms with Crippen molar-refractivity contribution in [3.05, 3.63) is 28.2 Å². The van der Waals surface area contributed by atoms with E-state index in [9.17, 15) is 0 Å². The summed E-state index contributed by atoms with van der Waals surface area (Å²) in [6, 6.07) is 6.29. The van der Waals surface area contributed by atoms with E-state index in [1.165, 1.54) is 24.9 Å². The van der Waals surface area contributed by atoms with Crippen LogP contribution in [0.15, 0.2) is 22.7 Å². The van der Waals surface area contributed by atoms with E-state index in [4.69, 9.17) is 10.5 Å². The molecule has 104 valence electrons. The third-order valence-electron chi connectivity index (χ3n) is 4.16. The van der Waals surface area contributed by atoms with Crippen molar-refractivity contribution in [2.24, 2.45) is 11.7 Å². The Balaban J connectivity index is 1.58. The Hall–Kier alpha value is -0.580. The molecule has 0 aliphatic carbocycles. The van der Waals surface area contributed by atoms with Gasteiger partial charge in [-0.05, 0) is 55.6 Å². The summed E-state index contributed by atoms with van der Waals surface area (Å²) in [6.07, 6.45) is 3.89. The molecule has 2 heterocycles. The molecule has 1 aromatic carbocycles. The van der Waals surface area contributed by atoms with Crippen LogP contribution in [0, 0.1) is 5.92 Å². The fourth-order valence-corrected chi connectivity index (χ4v) is 3.60. The van der Waals surface area contributed by atoms with Crippen molar-refractivity contribution < 1.29 is 4.74 Å². The van der Waals surface area contributed by atoms with Gasteiger partial charge in [0.2, 0.25) is 0 Å².